The van der Waals surface area contributed by atoms with Gasteiger partial charge >= 0.3 is 0 Å². The lowest BCUT2D eigenvalue weighted by Gasteiger charge is -2.24. The number of rotatable bonds is 5. The summed E-state index contributed by atoms with van der Waals surface area (Å²) in [4.78, 5) is 16.3. The molecular formula is C15H24ClN3O. The lowest BCUT2D eigenvalue weighted by molar-refractivity contribution is -0.132. The van der Waals surface area contributed by atoms with Crippen LogP contribution in [0, 0.1) is 0 Å². The van der Waals surface area contributed by atoms with Crippen LogP contribution in [0.4, 0.5) is 0 Å². The third-order valence-corrected chi connectivity index (χ3v) is 3.62. The highest BCUT2D eigenvalue weighted by Gasteiger charge is 2.23. The number of hydrogen-bond donors (Lipinski definition) is 1. The van der Waals surface area contributed by atoms with Crippen LogP contribution in [0.25, 0.3) is 0 Å². The van der Waals surface area contributed by atoms with Crippen molar-refractivity contribution >= 4 is 18.3 Å². The summed E-state index contributed by atoms with van der Waals surface area (Å²) in [6.07, 6.45) is 0.998. The van der Waals surface area contributed by atoms with Crippen molar-refractivity contribution in [2.45, 2.75) is 25.9 Å². The summed E-state index contributed by atoms with van der Waals surface area (Å²) in [5.74, 6) is 0.195. The summed E-state index contributed by atoms with van der Waals surface area (Å²) in [6.45, 7) is 5.74. The normalized spacial score (nSPS) is 18.6. The van der Waals surface area contributed by atoms with E-state index in [2.05, 4.69) is 17.0 Å². The quantitative estimate of drug-likeness (QED) is 0.896. The van der Waals surface area contributed by atoms with Crippen molar-refractivity contribution in [1.82, 2.24) is 9.80 Å². The van der Waals surface area contributed by atoms with Gasteiger partial charge in [-0.1, -0.05) is 30.3 Å². The minimum Gasteiger partial charge on any atom is -0.338 e. The van der Waals surface area contributed by atoms with E-state index in [4.69, 9.17) is 5.73 Å². The maximum atomic E-state index is 12.3. The summed E-state index contributed by atoms with van der Waals surface area (Å²) in [5.41, 5.74) is 7.04. The van der Waals surface area contributed by atoms with Crippen molar-refractivity contribution in [2.24, 2.45) is 5.73 Å². The maximum Gasteiger partial charge on any atom is 0.237 e. The molecule has 1 saturated heterocycles. The van der Waals surface area contributed by atoms with Crippen molar-refractivity contribution in [3.05, 3.63) is 35.9 Å². The molecule has 1 atom stereocenters. The Labute approximate surface area is 127 Å². The number of benzene rings is 1. The number of nitrogens with zero attached hydrogens (tertiary/aromatic N) is 2. The van der Waals surface area contributed by atoms with Crippen LogP contribution in [0.1, 0.15) is 18.9 Å². The highest BCUT2D eigenvalue weighted by Crippen LogP contribution is 2.09. The van der Waals surface area contributed by atoms with Crippen molar-refractivity contribution in [1.29, 1.82) is 0 Å². The fraction of sp³-hybridized carbons (Fsp3) is 0.533. The number of carbonyl (C=O) groups is 1. The zero-order chi connectivity index (χ0) is 13.7. The first-order chi connectivity index (χ1) is 9.19. The van der Waals surface area contributed by atoms with Gasteiger partial charge < -0.3 is 10.6 Å². The molecule has 4 nitrogen and oxygen atoms in total. The molecular weight excluding hydrogens is 274 g/mol. The van der Waals surface area contributed by atoms with Crippen LogP contribution < -0.4 is 5.73 Å². The molecule has 1 amide bonds. The number of likely N-dealkylation sites (N-methyl/N-ethyl adjacent to an activating group) is 1. The van der Waals surface area contributed by atoms with Gasteiger partial charge in [0.05, 0.1) is 6.54 Å². The highest BCUT2D eigenvalue weighted by molar-refractivity contribution is 5.85. The van der Waals surface area contributed by atoms with Gasteiger partial charge in [0.25, 0.3) is 0 Å². The van der Waals surface area contributed by atoms with Gasteiger partial charge in [-0.3, -0.25) is 9.69 Å². The molecule has 0 bridgehead atoms. The largest absolute Gasteiger partial charge is 0.338 e. The lowest BCUT2D eigenvalue weighted by atomic mass is 10.2. The van der Waals surface area contributed by atoms with Crippen LogP contribution in [0.5, 0.6) is 0 Å². The van der Waals surface area contributed by atoms with E-state index in [0.29, 0.717) is 13.1 Å². The molecule has 1 aliphatic heterocycles. The standard InChI is InChI=1S/C15H23N3O.ClH/c1-2-18(10-13-6-4-3-5-7-13)15(19)12-17-9-8-14(16)11-17;/h3-7,14H,2,8-12,16H2,1H3;1H/t14-;/m1./s1. The van der Waals surface area contributed by atoms with Gasteiger partial charge in [-0.15, -0.1) is 12.4 Å². The molecule has 1 aliphatic rings. The molecule has 0 unspecified atom stereocenters. The zero-order valence-electron chi connectivity index (χ0n) is 12.0. The van der Waals surface area contributed by atoms with E-state index >= 15 is 0 Å². The smallest absolute Gasteiger partial charge is 0.237 e. The van der Waals surface area contributed by atoms with Gasteiger partial charge in [-0.2, -0.15) is 0 Å². The monoisotopic (exact) mass is 297 g/mol. The predicted octanol–water partition coefficient (Wildman–Crippen LogP) is 1.49. The highest BCUT2D eigenvalue weighted by atomic mass is 35.5. The molecule has 112 valence electrons. The second-order valence-electron chi connectivity index (χ2n) is 5.18. The second kappa shape index (κ2) is 8.25. The van der Waals surface area contributed by atoms with Gasteiger partial charge in [0.2, 0.25) is 5.91 Å². The Hall–Kier alpha value is -1.10. The molecule has 1 aromatic rings. The molecule has 20 heavy (non-hydrogen) atoms. The third kappa shape index (κ3) is 4.78. The van der Waals surface area contributed by atoms with Crippen LogP contribution in [-0.2, 0) is 11.3 Å². The molecule has 1 heterocycles. The summed E-state index contributed by atoms with van der Waals surface area (Å²) in [7, 11) is 0. The molecule has 0 aromatic heterocycles. The average Bonchev–Trinajstić information content (AvgIpc) is 2.82. The topological polar surface area (TPSA) is 49.6 Å². The third-order valence-electron chi connectivity index (χ3n) is 3.62. The van der Waals surface area contributed by atoms with E-state index in [0.717, 1.165) is 26.1 Å². The number of nitrogens with two attached hydrogens (primary N) is 1. The Morgan fingerprint density at radius 2 is 2.10 bits per heavy atom. The first kappa shape index (κ1) is 17.0. The first-order valence-corrected chi connectivity index (χ1v) is 6.98. The summed E-state index contributed by atoms with van der Waals surface area (Å²) >= 11 is 0. The maximum absolute atomic E-state index is 12.3. The molecule has 1 aromatic carbocycles. The minimum atomic E-state index is 0. The molecule has 2 rings (SSSR count). The Balaban J connectivity index is 0.00000200. The Bertz CT molecular complexity index is 413. The number of halogens is 1. The summed E-state index contributed by atoms with van der Waals surface area (Å²) in [5, 5.41) is 0. The Morgan fingerprint density at radius 3 is 2.65 bits per heavy atom. The first-order valence-electron chi connectivity index (χ1n) is 6.98. The van der Waals surface area contributed by atoms with E-state index in [1.54, 1.807) is 0 Å². The summed E-state index contributed by atoms with van der Waals surface area (Å²) in [6, 6.07) is 10.4. The van der Waals surface area contributed by atoms with Crippen LogP contribution in [0.15, 0.2) is 30.3 Å². The molecule has 5 heteroatoms. The molecule has 2 N–H and O–H groups in total. The Kier molecular flexibility index (Phi) is 6.99. The fourth-order valence-corrected chi connectivity index (χ4v) is 2.48. The fourth-order valence-electron chi connectivity index (χ4n) is 2.48. The van der Waals surface area contributed by atoms with E-state index in [-0.39, 0.29) is 24.4 Å². The van der Waals surface area contributed by atoms with Crippen LogP contribution in [0.2, 0.25) is 0 Å². The second-order valence-corrected chi connectivity index (χ2v) is 5.18. The van der Waals surface area contributed by atoms with Gasteiger partial charge in [-0.05, 0) is 18.9 Å². The molecule has 1 fully saturated rings. The van der Waals surface area contributed by atoms with Crippen LogP contribution >= 0.6 is 12.4 Å². The molecule has 0 spiro atoms. The van der Waals surface area contributed by atoms with E-state index in [1.165, 1.54) is 5.56 Å². The predicted molar refractivity (Wildman–Crippen MR) is 83.8 cm³/mol. The lowest BCUT2D eigenvalue weighted by Crippen LogP contribution is -2.40. The van der Waals surface area contributed by atoms with Gasteiger partial charge in [0.1, 0.15) is 0 Å². The van der Waals surface area contributed by atoms with Crippen molar-refractivity contribution in [2.75, 3.05) is 26.2 Å². The van der Waals surface area contributed by atoms with E-state index < -0.39 is 0 Å². The van der Waals surface area contributed by atoms with Crippen molar-refractivity contribution < 1.29 is 4.79 Å². The Morgan fingerprint density at radius 1 is 1.40 bits per heavy atom. The number of hydrogen-bond acceptors (Lipinski definition) is 3. The van der Waals surface area contributed by atoms with Crippen molar-refractivity contribution in [3.63, 3.8) is 0 Å². The van der Waals surface area contributed by atoms with E-state index in [1.807, 2.05) is 30.0 Å². The molecule has 0 radical (unpaired) electrons. The average molecular weight is 298 g/mol. The van der Waals surface area contributed by atoms with Crippen LogP contribution in [-0.4, -0.2) is 47.9 Å². The molecule has 0 saturated carbocycles. The van der Waals surface area contributed by atoms with Crippen molar-refractivity contribution in [3.8, 4) is 0 Å². The number of amides is 1. The summed E-state index contributed by atoms with van der Waals surface area (Å²) < 4.78 is 0. The SMILES string of the molecule is CCN(Cc1ccccc1)C(=O)CN1CC[C@@H](N)C1.Cl. The van der Waals surface area contributed by atoms with Gasteiger partial charge in [0.15, 0.2) is 0 Å². The van der Waals surface area contributed by atoms with Crippen LogP contribution in [0.3, 0.4) is 0 Å². The number of carbonyl (C=O) groups excluding carboxylic acids is 1. The zero-order valence-corrected chi connectivity index (χ0v) is 12.8. The van der Waals surface area contributed by atoms with E-state index in [9.17, 15) is 4.79 Å². The molecule has 0 aliphatic carbocycles. The minimum absolute atomic E-state index is 0. The van der Waals surface area contributed by atoms with Gasteiger partial charge in [-0.25, -0.2) is 0 Å². The number of likely N-dealkylation sites (tertiary alicyclic amines) is 1. The van der Waals surface area contributed by atoms with Gasteiger partial charge in [0, 0.05) is 32.2 Å².